The standard InChI is InChI=1S/C14H15NO6/c1-8-4-10(14(16)21-8)5-9-6-12(19-2)13(20-3)7-11(9)15(17)18/h5-8H,4H2,1-3H3/b10-5-/t8-/m1/s1. The van der Waals surface area contributed by atoms with Crippen LogP contribution in [0.2, 0.25) is 0 Å². The van der Waals surface area contributed by atoms with Gasteiger partial charge in [0.2, 0.25) is 0 Å². The zero-order valence-electron chi connectivity index (χ0n) is 11.9. The Labute approximate surface area is 121 Å². The van der Waals surface area contributed by atoms with Crippen molar-refractivity contribution in [3.8, 4) is 11.5 Å². The van der Waals surface area contributed by atoms with Gasteiger partial charge in [0.1, 0.15) is 6.10 Å². The summed E-state index contributed by atoms with van der Waals surface area (Å²) in [6, 6.07) is 2.75. The summed E-state index contributed by atoms with van der Waals surface area (Å²) in [4.78, 5) is 22.3. The van der Waals surface area contributed by atoms with Crippen molar-refractivity contribution in [2.75, 3.05) is 14.2 Å². The van der Waals surface area contributed by atoms with E-state index in [1.807, 2.05) is 0 Å². The summed E-state index contributed by atoms with van der Waals surface area (Å²) in [7, 11) is 2.84. The highest BCUT2D eigenvalue weighted by molar-refractivity contribution is 5.96. The van der Waals surface area contributed by atoms with Gasteiger partial charge in [0.05, 0.1) is 30.8 Å². The molecule has 21 heavy (non-hydrogen) atoms. The molecule has 0 unspecified atom stereocenters. The molecule has 112 valence electrons. The van der Waals surface area contributed by atoms with Gasteiger partial charge < -0.3 is 14.2 Å². The van der Waals surface area contributed by atoms with Gasteiger partial charge in [-0.3, -0.25) is 10.1 Å². The Bertz CT molecular complexity index is 622. The molecule has 0 saturated carbocycles. The summed E-state index contributed by atoms with van der Waals surface area (Å²) in [5.74, 6) is 0.162. The quantitative estimate of drug-likeness (QED) is 0.366. The van der Waals surface area contributed by atoms with Crippen molar-refractivity contribution in [2.45, 2.75) is 19.4 Å². The Morgan fingerprint density at radius 3 is 2.43 bits per heavy atom. The molecule has 0 aromatic heterocycles. The second-order valence-electron chi connectivity index (χ2n) is 4.61. The van der Waals surface area contributed by atoms with Crippen LogP contribution in [0.15, 0.2) is 17.7 Å². The molecule has 7 nitrogen and oxygen atoms in total. The molecule has 0 bridgehead atoms. The topological polar surface area (TPSA) is 87.9 Å². The van der Waals surface area contributed by atoms with Crippen LogP contribution in [-0.4, -0.2) is 31.2 Å². The third-order valence-corrected chi connectivity index (χ3v) is 3.14. The fraction of sp³-hybridized carbons (Fsp3) is 0.357. The van der Waals surface area contributed by atoms with E-state index in [9.17, 15) is 14.9 Å². The van der Waals surface area contributed by atoms with Gasteiger partial charge in [-0.2, -0.15) is 0 Å². The van der Waals surface area contributed by atoms with Crippen LogP contribution in [-0.2, 0) is 9.53 Å². The third-order valence-electron chi connectivity index (χ3n) is 3.14. The van der Waals surface area contributed by atoms with E-state index in [1.54, 1.807) is 6.92 Å². The van der Waals surface area contributed by atoms with Crippen molar-refractivity contribution in [3.05, 3.63) is 33.4 Å². The largest absolute Gasteiger partial charge is 0.493 e. The van der Waals surface area contributed by atoms with Crippen LogP contribution in [0.25, 0.3) is 6.08 Å². The predicted molar refractivity (Wildman–Crippen MR) is 74.3 cm³/mol. The fourth-order valence-corrected chi connectivity index (χ4v) is 2.16. The molecule has 2 rings (SSSR count). The first-order valence-corrected chi connectivity index (χ1v) is 6.28. The first-order chi connectivity index (χ1) is 9.96. The van der Waals surface area contributed by atoms with Gasteiger partial charge in [-0.15, -0.1) is 0 Å². The highest BCUT2D eigenvalue weighted by Crippen LogP contribution is 2.36. The van der Waals surface area contributed by atoms with Gasteiger partial charge in [0, 0.05) is 12.0 Å². The normalized spacial score (nSPS) is 19.5. The Kier molecular flexibility index (Phi) is 4.11. The van der Waals surface area contributed by atoms with Gasteiger partial charge in [0.15, 0.2) is 11.5 Å². The number of benzene rings is 1. The van der Waals surface area contributed by atoms with Crippen molar-refractivity contribution >= 4 is 17.7 Å². The van der Waals surface area contributed by atoms with Crippen molar-refractivity contribution < 1.29 is 23.9 Å². The van der Waals surface area contributed by atoms with Crippen LogP contribution in [0.1, 0.15) is 18.9 Å². The van der Waals surface area contributed by atoms with Crippen molar-refractivity contribution in [1.82, 2.24) is 0 Å². The van der Waals surface area contributed by atoms with E-state index >= 15 is 0 Å². The number of ether oxygens (including phenoxy) is 3. The number of rotatable bonds is 4. The molecule has 1 fully saturated rings. The first kappa shape index (κ1) is 14.8. The van der Waals surface area contributed by atoms with Crippen LogP contribution in [0.5, 0.6) is 11.5 Å². The summed E-state index contributed by atoms with van der Waals surface area (Å²) in [5, 5.41) is 11.2. The minimum Gasteiger partial charge on any atom is -0.493 e. The smallest absolute Gasteiger partial charge is 0.334 e. The minimum absolute atomic E-state index is 0.160. The molecule has 1 aliphatic heterocycles. The second-order valence-corrected chi connectivity index (χ2v) is 4.61. The van der Waals surface area contributed by atoms with Crippen molar-refractivity contribution in [1.29, 1.82) is 0 Å². The van der Waals surface area contributed by atoms with E-state index in [0.29, 0.717) is 17.7 Å². The molecule has 0 aliphatic carbocycles. The summed E-state index contributed by atoms with van der Waals surface area (Å²) in [6.07, 6.45) is 1.67. The Morgan fingerprint density at radius 2 is 1.95 bits per heavy atom. The second kappa shape index (κ2) is 5.82. The molecule has 0 radical (unpaired) electrons. The van der Waals surface area contributed by atoms with Gasteiger partial charge in [-0.05, 0) is 19.1 Å². The number of hydrogen-bond donors (Lipinski definition) is 0. The molecule has 1 heterocycles. The number of carbonyl (C=O) groups excluding carboxylic acids is 1. The van der Waals surface area contributed by atoms with Gasteiger partial charge in [-0.25, -0.2) is 4.79 Å². The van der Waals surface area contributed by atoms with Crippen LogP contribution in [0, 0.1) is 10.1 Å². The number of nitrogens with zero attached hydrogens (tertiary/aromatic N) is 1. The van der Waals surface area contributed by atoms with E-state index in [4.69, 9.17) is 14.2 Å². The third kappa shape index (κ3) is 2.96. The summed E-state index contributed by atoms with van der Waals surface area (Å²) in [6.45, 7) is 1.77. The highest BCUT2D eigenvalue weighted by Gasteiger charge is 2.27. The molecular weight excluding hydrogens is 278 g/mol. The van der Waals surface area contributed by atoms with E-state index in [2.05, 4.69) is 0 Å². The number of methoxy groups -OCH3 is 2. The SMILES string of the molecule is COc1cc(/C=C2/C[C@@H](C)OC2=O)c([N+](=O)[O-])cc1OC. The first-order valence-electron chi connectivity index (χ1n) is 6.28. The van der Waals surface area contributed by atoms with Crippen molar-refractivity contribution in [2.24, 2.45) is 0 Å². The van der Waals surface area contributed by atoms with E-state index in [-0.39, 0.29) is 23.1 Å². The lowest BCUT2D eigenvalue weighted by atomic mass is 10.1. The van der Waals surface area contributed by atoms with E-state index < -0.39 is 10.9 Å². The number of nitro groups is 1. The molecule has 0 amide bonds. The fourth-order valence-electron chi connectivity index (χ4n) is 2.16. The molecule has 0 spiro atoms. The summed E-state index contributed by atoms with van der Waals surface area (Å²) >= 11 is 0. The monoisotopic (exact) mass is 293 g/mol. The van der Waals surface area contributed by atoms with Crippen LogP contribution >= 0.6 is 0 Å². The Hall–Kier alpha value is -2.57. The van der Waals surface area contributed by atoms with Crippen LogP contribution in [0.3, 0.4) is 0 Å². The molecule has 1 aromatic rings. The number of nitro benzene ring substituents is 1. The maximum atomic E-state index is 11.6. The molecule has 1 aliphatic rings. The Morgan fingerprint density at radius 1 is 1.33 bits per heavy atom. The molecule has 1 saturated heterocycles. The lowest BCUT2D eigenvalue weighted by Crippen LogP contribution is -2.00. The lowest BCUT2D eigenvalue weighted by Gasteiger charge is -2.09. The van der Waals surface area contributed by atoms with Crippen LogP contribution < -0.4 is 9.47 Å². The molecular formula is C14H15NO6. The van der Waals surface area contributed by atoms with Gasteiger partial charge in [-0.1, -0.05) is 0 Å². The maximum absolute atomic E-state index is 11.6. The van der Waals surface area contributed by atoms with Gasteiger partial charge >= 0.3 is 5.97 Å². The Balaban J connectivity index is 2.54. The molecule has 1 aromatic carbocycles. The number of carbonyl (C=O) groups is 1. The van der Waals surface area contributed by atoms with Crippen molar-refractivity contribution in [3.63, 3.8) is 0 Å². The molecule has 1 atom stereocenters. The lowest BCUT2D eigenvalue weighted by molar-refractivity contribution is -0.385. The average Bonchev–Trinajstić information content (AvgIpc) is 2.76. The number of esters is 1. The average molecular weight is 293 g/mol. The zero-order chi connectivity index (χ0) is 15.6. The van der Waals surface area contributed by atoms with Crippen LogP contribution in [0.4, 0.5) is 5.69 Å². The predicted octanol–water partition coefficient (Wildman–Crippen LogP) is 2.33. The summed E-state index contributed by atoms with van der Waals surface area (Å²) < 4.78 is 15.2. The number of hydrogen-bond acceptors (Lipinski definition) is 6. The summed E-state index contributed by atoms with van der Waals surface area (Å²) in [5.41, 5.74) is 0.518. The maximum Gasteiger partial charge on any atom is 0.334 e. The highest BCUT2D eigenvalue weighted by atomic mass is 16.6. The molecule has 7 heteroatoms. The molecule has 0 N–H and O–H groups in total. The van der Waals surface area contributed by atoms with E-state index in [0.717, 1.165) is 0 Å². The zero-order valence-corrected chi connectivity index (χ0v) is 11.9. The van der Waals surface area contributed by atoms with E-state index in [1.165, 1.54) is 32.4 Å². The van der Waals surface area contributed by atoms with Gasteiger partial charge in [0.25, 0.3) is 5.69 Å². The number of cyclic esters (lactones) is 1. The minimum atomic E-state index is -0.530.